The molecule has 0 amide bonds. The molecule has 4 rings (SSSR count). The number of hydrogen-bond donors (Lipinski definition) is 2. The van der Waals surface area contributed by atoms with E-state index >= 15 is 0 Å². The van der Waals surface area contributed by atoms with E-state index in [9.17, 15) is 0 Å². The average Bonchev–Trinajstić information content (AvgIpc) is 2.37. The summed E-state index contributed by atoms with van der Waals surface area (Å²) < 4.78 is 5.58. The smallest absolute Gasteiger partial charge is 0.0623 e. The summed E-state index contributed by atoms with van der Waals surface area (Å²) in [6.45, 7) is 4.36. The van der Waals surface area contributed by atoms with Gasteiger partial charge in [0, 0.05) is 13.2 Å². The number of methoxy groups -OCH3 is 1. The Kier molecular flexibility index (Phi) is 3.89. The van der Waals surface area contributed by atoms with Crippen LogP contribution in [-0.4, -0.2) is 18.8 Å². The highest BCUT2D eigenvalue weighted by molar-refractivity contribution is 5.06. The predicted octanol–water partition coefficient (Wildman–Crippen LogP) is 3.24. The molecule has 4 aliphatic carbocycles. The standard InChI is InChI=1S/C17H32N2O/c1-16(2,20-3)5-4-15(19-18)17-9-12-6-13(10-17)8-14(7-12)11-17/h12-15,19H,4-11,18H2,1-3H3. The number of hydrogen-bond acceptors (Lipinski definition) is 3. The van der Waals surface area contributed by atoms with Gasteiger partial charge in [-0.3, -0.25) is 11.3 Å². The molecule has 4 aliphatic rings. The molecule has 0 aliphatic heterocycles. The van der Waals surface area contributed by atoms with E-state index in [0.717, 1.165) is 30.6 Å². The quantitative estimate of drug-likeness (QED) is 0.580. The topological polar surface area (TPSA) is 47.3 Å². The lowest BCUT2D eigenvalue weighted by molar-refractivity contribution is -0.0800. The van der Waals surface area contributed by atoms with E-state index < -0.39 is 0 Å². The maximum atomic E-state index is 5.97. The molecule has 4 fully saturated rings. The molecule has 3 heteroatoms. The number of rotatable bonds is 6. The van der Waals surface area contributed by atoms with Gasteiger partial charge in [-0.15, -0.1) is 0 Å². The Morgan fingerprint density at radius 2 is 1.65 bits per heavy atom. The van der Waals surface area contributed by atoms with Crippen LogP contribution < -0.4 is 11.3 Å². The van der Waals surface area contributed by atoms with E-state index in [-0.39, 0.29) is 5.60 Å². The Hall–Kier alpha value is -0.120. The second kappa shape index (κ2) is 5.26. The van der Waals surface area contributed by atoms with Crippen LogP contribution in [0.1, 0.15) is 65.2 Å². The average molecular weight is 280 g/mol. The lowest BCUT2D eigenvalue weighted by Gasteiger charge is -2.59. The maximum absolute atomic E-state index is 5.97. The van der Waals surface area contributed by atoms with E-state index in [4.69, 9.17) is 10.6 Å². The Morgan fingerprint density at radius 3 is 2.05 bits per heavy atom. The number of nitrogens with two attached hydrogens (primary N) is 1. The van der Waals surface area contributed by atoms with Crippen molar-refractivity contribution in [2.75, 3.05) is 7.11 Å². The van der Waals surface area contributed by atoms with Crippen molar-refractivity contribution in [3.8, 4) is 0 Å². The minimum absolute atomic E-state index is 0.0304. The van der Waals surface area contributed by atoms with E-state index in [0.29, 0.717) is 11.5 Å². The van der Waals surface area contributed by atoms with Crippen LogP contribution in [-0.2, 0) is 4.74 Å². The summed E-state index contributed by atoms with van der Waals surface area (Å²) in [6.07, 6.45) is 11.0. The van der Waals surface area contributed by atoms with Crippen molar-refractivity contribution < 1.29 is 4.74 Å². The van der Waals surface area contributed by atoms with Crippen LogP contribution in [0.4, 0.5) is 0 Å². The number of hydrazine groups is 1. The molecule has 116 valence electrons. The third-order valence-corrected chi connectivity index (χ3v) is 6.61. The molecule has 1 atom stereocenters. The fourth-order valence-electron chi connectivity index (χ4n) is 5.76. The first-order valence-corrected chi connectivity index (χ1v) is 8.48. The molecule has 0 saturated heterocycles. The molecule has 4 bridgehead atoms. The van der Waals surface area contributed by atoms with Crippen LogP contribution >= 0.6 is 0 Å². The first-order valence-electron chi connectivity index (χ1n) is 8.48. The maximum Gasteiger partial charge on any atom is 0.0623 e. The predicted molar refractivity (Wildman–Crippen MR) is 82.0 cm³/mol. The molecule has 0 aromatic heterocycles. The highest BCUT2D eigenvalue weighted by atomic mass is 16.5. The molecule has 1 unspecified atom stereocenters. The second-order valence-electron chi connectivity index (χ2n) is 8.50. The normalized spacial score (nSPS) is 41.1. The van der Waals surface area contributed by atoms with Crippen molar-refractivity contribution >= 4 is 0 Å². The molecule has 3 nitrogen and oxygen atoms in total. The molecule has 0 aromatic rings. The minimum Gasteiger partial charge on any atom is -0.379 e. The molecule has 20 heavy (non-hydrogen) atoms. The number of nitrogens with one attached hydrogen (secondary N) is 1. The molecule has 0 aromatic carbocycles. The van der Waals surface area contributed by atoms with Gasteiger partial charge in [0.15, 0.2) is 0 Å². The van der Waals surface area contributed by atoms with Crippen LogP contribution in [0.2, 0.25) is 0 Å². The van der Waals surface area contributed by atoms with E-state index in [1.165, 1.54) is 38.5 Å². The molecule has 0 heterocycles. The van der Waals surface area contributed by atoms with Crippen molar-refractivity contribution in [2.24, 2.45) is 29.0 Å². The molecule has 0 radical (unpaired) electrons. The number of ether oxygens (including phenoxy) is 1. The van der Waals surface area contributed by atoms with Gasteiger partial charge < -0.3 is 4.74 Å². The zero-order valence-corrected chi connectivity index (χ0v) is 13.5. The largest absolute Gasteiger partial charge is 0.379 e. The van der Waals surface area contributed by atoms with Crippen molar-refractivity contribution in [3.63, 3.8) is 0 Å². The van der Waals surface area contributed by atoms with Crippen LogP contribution in [0.15, 0.2) is 0 Å². The monoisotopic (exact) mass is 280 g/mol. The first-order chi connectivity index (χ1) is 9.46. The van der Waals surface area contributed by atoms with Gasteiger partial charge in [0.05, 0.1) is 5.60 Å². The zero-order chi connectivity index (χ0) is 14.4. The summed E-state index contributed by atoms with van der Waals surface area (Å²) in [6, 6.07) is 0.477. The van der Waals surface area contributed by atoms with E-state index in [1.54, 1.807) is 0 Å². The zero-order valence-electron chi connectivity index (χ0n) is 13.5. The molecule has 0 spiro atoms. The molecule has 3 N–H and O–H groups in total. The first kappa shape index (κ1) is 14.8. The van der Waals surface area contributed by atoms with E-state index in [1.807, 2.05) is 7.11 Å². The van der Waals surface area contributed by atoms with Crippen molar-refractivity contribution in [3.05, 3.63) is 0 Å². The van der Waals surface area contributed by atoms with Crippen molar-refractivity contribution in [1.82, 2.24) is 5.43 Å². The Morgan fingerprint density at radius 1 is 1.15 bits per heavy atom. The minimum atomic E-state index is -0.0304. The van der Waals surface area contributed by atoms with Crippen LogP contribution in [0.5, 0.6) is 0 Å². The summed E-state index contributed by atoms with van der Waals surface area (Å²) >= 11 is 0. The molecular formula is C17H32N2O. The molecular weight excluding hydrogens is 248 g/mol. The highest BCUT2D eigenvalue weighted by Gasteiger charge is 2.53. The molecule has 4 saturated carbocycles. The van der Waals surface area contributed by atoms with Gasteiger partial charge in [-0.25, -0.2) is 0 Å². The third-order valence-electron chi connectivity index (χ3n) is 6.61. The highest BCUT2D eigenvalue weighted by Crippen LogP contribution is 2.61. The Balaban J connectivity index is 1.69. The van der Waals surface area contributed by atoms with Gasteiger partial charge in [-0.2, -0.15) is 0 Å². The van der Waals surface area contributed by atoms with Crippen LogP contribution in [0.3, 0.4) is 0 Å². The summed E-state index contributed by atoms with van der Waals surface area (Å²) in [4.78, 5) is 0. The lowest BCUT2D eigenvalue weighted by Crippen LogP contribution is -2.57. The summed E-state index contributed by atoms with van der Waals surface area (Å²) in [5.41, 5.74) is 3.66. The summed E-state index contributed by atoms with van der Waals surface area (Å²) in [7, 11) is 1.82. The van der Waals surface area contributed by atoms with Crippen LogP contribution in [0, 0.1) is 23.2 Å². The second-order valence-corrected chi connectivity index (χ2v) is 8.50. The van der Waals surface area contributed by atoms with Crippen molar-refractivity contribution in [2.45, 2.75) is 76.9 Å². The summed E-state index contributed by atoms with van der Waals surface area (Å²) in [5.74, 6) is 8.95. The Labute approximate surface area is 124 Å². The van der Waals surface area contributed by atoms with Gasteiger partial charge in [0.25, 0.3) is 0 Å². The van der Waals surface area contributed by atoms with Crippen molar-refractivity contribution in [1.29, 1.82) is 0 Å². The Bertz CT molecular complexity index is 318. The van der Waals surface area contributed by atoms with Gasteiger partial charge in [0.2, 0.25) is 0 Å². The summed E-state index contributed by atoms with van der Waals surface area (Å²) in [5, 5.41) is 0. The van der Waals surface area contributed by atoms with Gasteiger partial charge in [0.1, 0.15) is 0 Å². The fraction of sp³-hybridized carbons (Fsp3) is 1.00. The van der Waals surface area contributed by atoms with E-state index in [2.05, 4.69) is 19.3 Å². The SMILES string of the molecule is COC(C)(C)CCC(NN)C12CC3CC(CC(C3)C1)C2. The van der Waals surface area contributed by atoms with Crippen LogP contribution in [0.25, 0.3) is 0 Å². The third kappa shape index (κ3) is 2.65. The van der Waals surface area contributed by atoms with Gasteiger partial charge in [-0.1, -0.05) is 0 Å². The van der Waals surface area contributed by atoms with Gasteiger partial charge >= 0.3 is 0 Å². The lowest BCUT2D eigenvalue weighted by atomic mass is 9.47. The fourth-order valence-corrected chi connectivity index (χ4v) is 5.76. The van der Waals surface area contributed by atoms with Gasteiger partial charge in [-0.05, 0) is 88.4 Å².